The maximum Gasteiger partial charge on any atom is 0.269 e. The van der Waals surface area contributed by atoms with Crippen LogP contribution in [0.4, 0.5) is 0 Å². The Morgan fingerprint density at radius 3 is 1.50 bits per heavy atom. The first-order chi connectivity index (χ1) is 2.81. The maximum atomic E-state index is 2.20. The van der Waals surface area contributed by atoms with Crippen molar-refractivity contribution in [1.29, 1.82) is 0 Å². The van der Waals surface area contributed by atoms with Crippen molar-refractivity contribution in [3.05, 3.63) is 0 Å². The van der Waals surface area contributed by atoms with Gasteiger partial charge in [-0.15, -0.1) is 0 Å². The van der Waals surface area contributed by atoms with Crippen molar-refractivity contribution in [2.75, 3.05) is 12.5 Å². The largest absolute Gasteiger partial charge is 0.269 e. The second-order valence-electron chi connectivity index (χ2n) is 1.04. The van der Waals surface area contributed by atoms with Crippen LogP contribution in [-0.4, -0.2) is 17.8 Å². The fourth-order valence-corrected chi connectivity index (χ4v) is 0.866. The Labute approximate surface area is 48.3 Å². The minimum Gasteiger partial charge on any atom is -0.199 e. The predicted octanol–water partition coefficient (Wildman–Crippen LogP) is 1.83. The van der Waals surface area contributed by atoms with Crippen LogP contribution in [-0.2, 0) is 0 Å². The molecule has 0 aliphatic carbocycles. The van der Waals surface area contributed by atoms with E-state index in [9.17, 15) is 0 Å². The normalized spacial score (nSPS) is 8.50. The van der Waals surface area contributed by atoms with Gasteiger partial charge in [0.1, 0.15) is 0 Å². The fourth-order valence-electron chi connectivity index (χ4n) is 0.0962. The highest BCUT2D eigenvalue weighted by molar-refractivity contribution is 8.53. The molecule has 0 amide bonds. The first-order valence-electron chi connectivity index (χ1n) is 1.87. The number of hydrogen-bond acceptors (Lipinski definition) is 2. The van der Waals surface area contributed by atoms with Crippen LogP contribution in [0, 0.1) is 0 Å². The van der Waals surface area contributed by atoms with Crippen molar-refractivity contribution < 1.29 is 0 Å². The van der Waals surface area contributed by atoms with E-state index in [0.717, 1.165) is 5.27 Å². The first kappa shape index (κ1) is 6.76. The quantitative estimate of drug-likeness (QED) is 0.510. The van der Waals surface area contributed by atoms with Crippen LogP contribution in [0.3, 0.4) is 0 Å². The van der Waals surface area contributed by atoms with E-state index in [4.69, 9.17) is 0 Å². The summed E-state index contributed by atoms with van der Waals surface area (Å²) in [6, 6.07) is 0. The molecule has 0 bridgehead atoms. The lowest BCUT2D eigenvalue weighted by Crippen LogP contribution is -1.89. The van der Waals surface area contributed by atoms with Crippen LogP contribution in [0.1, 0.15) is 0 Å². The Kier molecular flexibility index (Phi) is 4.44. The molecule has 0 aliphatic heterocycles. The summed E-state index contributed by atoms with van der Waals surface area (Å²) in [5.74, 6) is 0. The van der Waals surface area contributed by atoms with Crippen molar-refractivity contribution in [2.24, 2.45) is 0 Å². The molecule has 0 nitrogen and oxygen atoms in total. The minimum atomic E-state index is 0.769. The summed E-state index contributed by atoms with van der Waals surface area (Å²) in [5, 5.41) is 0.769. The van der Waals surface area contributed by atoms with Crippen LogP contribution in [0.25, 0.3) is 0 Å². The molecule has 3 heteroatoms. The molecule has 0 fully saturated rings. The Morgan fingerprint density at radius 1 is 1.17 bits per heavy atom. The molecule has 0 radical (unpaired) electrons. The van der Waals surface area contributed by atoms with Crippen molar-refractivity contribution >= 4 is 28.5 Å². The van der Waals surface area contributed by atoms with Crippen molar-refractivity contribution in [2.45, 2.75) is 6.82 Å². The standard InChI is InChI=1S/C3H9BS2/c1-4(5-2)6-3/h1-3H3. The van der Waals surface area contributed by atoms with Gasteiger partial charge in [-0.05, 0) is 12.5 Å². The van der Waals surface area contributed by atoms with Gasteiger partial charge < -0.3 is 0 Å². The summed E-state index contributed by atoms with van der Waals surface area (Å²) in [7, 11) is 0. The van der Waals surface area contributed by atoms with E-state index in [1.54, 1.807) is 0 Å². The third-order valence-electron chi connectivity index (χ3n) is 0.664. The molecule has 0 N–H and O–H groups in total. The minimum absolute atomic E-state index is 0.769. The molecular weight excluding hydrogens is 111 g/mol. The van der Waals surface area contributed by atoms with Crippen LogP contribution >= 0.6 is 23.2 Å². The van der Waals surface area contributed by atoms with Crippen LogP contribution < -0.4 is 0 Å². The lowest BCUT2D eigenvalue weighted by molar-refractivity contribution is 2.33. The predicted molar refractivity (Wildman–Crippen MR) is 38.6 cm³/mol. The van der Waals surface area contributed by atoms with E-state index in [1.165, 1.54) is 0 Å². The Hall–Kier alpha value is 0.765. The molecule has 0 unspecified atom stereocenters. The average molecular weight is 120 g/mol. The molecule has 0 aromatic carbocycles. The van der Waals surface area contributed by atoms with Crippen LogP contribution in [0.15, 0.2) is 0 Å². The Morgan fingerprint density at radius 2 is 1.50 bits per heavy atom. The summed E-state index contributed by atoms with van der Waals surface area (Å²) < 4.78 is 0. The van der Waals surface area contributed by atoms with Gasteiger partial charge in [0.25, 0.3) is 5.27 Å². The summed E-state index contributed by atoms with van der Waals surface area (Å²) in [6.45, 7) is 2.20. The monoisotopic (exact) mass is 120 g/mol. The van der Waals surface area contributed by atoms with Gasteiger partial charge in [-0.3, -0.25) is 0 Å². The molecule has 0 aliphatic rings. The summed E-state index contributed by atoms with van der Waals surface area (Å²) in [5.41, 5.74) is 0. The Balaban J connectivity index is 2.75. The van der Waals surface area contributed by atoms with Gasteiger partial charge in [-0.1, -0.05) is 6.82 Å². The third-order valence-corrected chi connectivity index (χ3v) is 3.15. The van der Waals surface area contributed by atoms with E-state index in [1.807, 2.05) is 23.2 Å². The van der Waals surface area contributed by atoms with E-state index < -0.39 is 0 Å². The molecule has 0 aromatic heterocycles. The highest BCUT2D eigenvalue weighted by Gasteiger charge is 1.97. The van der Waals surface area contributed by atoms with E-state index in [2.05, 4.69) is 19.3 Å². The molecule has 0 heterocycles. The lowest BCUT2D eigenvalue weighted by atomic mass is 10.2. The van der Waals surface area contributed by atoms with Crippen LogP contribution in [0.5, 0.6) is 0 Å². The highest BCUT2D eigenvalue weighted by atomic mass is 32.2. The molecule has 0 rings (SSSR count). The summed E-state index contributed by atoms with van der Waals surface area (Å²) in [6.07, 6.45) is 4.25. The Bertz CT molecular complexity index is 28.0. The van der Waals surface area contributed by atoms with Gasteiger partial charge in [0.05, 0.1) is 0 Å². The zero-order valence-corrected chi connectivity index (χ0v) is 6.03. The summed E-state index contributed by atoms with van der Waals surface area (Å²) in [4.78, 5) is 0. The van der Waals surface area contributed by atoms with Gasteiger partial charge in [0.2, 0.25) is 0 Å². The molecule has 6 heavy (non-hydrogen) atoms. The smallest absolute Gasteiger partial charge is 0.199 e. The molecule has 0 saturated carbocycles. The van der Waals surface area contributed by atoms with Crippen molar-refractivity contribution in [3.63, 3.8) is 0 Å². The number of rotatable bonds is 2. The fraction of sp³-hybridized carbons (Fsp3) is 1.00. The molecule has 0 atom stereocenters. The van der Waals surface area contributed by atoms with E-state index in [0.29, 0.717) is 0 Å². The van der Waals surface area contributed by atoms with Crippen LogP contribution in [0.2, 0.25) is 6.82 Å². The second-order valence-corrected chi connectivity index (χ2v) is 3.69. The SMILES string of the molecule is CSB(C)SC. The molecule has 36 valence electrons. The summed E-state index contributed by atoms with van der Waals surface area (Å²) >= 11 is 3.78. The van der Waals surface area contributed by atoms with Gasteiger partial charge in [-0.2, -0.15) is 23.2 Å². The van der Waals surface area contributed by atoms with E-state index in [-0.39, 0.29) is 0 Å². The highest BCUT2D eigenvalue weighted by Crippen LogP contribution is 2.11. The van der Waals surface area contributed by atoms with Crippen molar-refractivity contribution in [1.82, 2.24) is 0 Å². The topological polar surface area (TPSA) is 0 Å². The molecule has 0 spiro atoms. The zero-order chi connectivity index (χ0) is 4.99. The average Bonchev–Trinajstić information content (AvgIpc) is 1.65. The molecular formula is C3H9BS2. The lowest BCUT2D eigenvalue weighted by Gasteiger charge is -1.93. The van der Waals surface area contributed by atoms with Gasteiger partial charge in [-0.25, -0.2) is 0 Å². The maximum absolute atomic E-state index is 2.20. The first-order valence-corrected chi connectivity index (χ1v) is 4.44. The zero-order valence-electron chi connectivity index (χ0n) is 4.39. The molecule has 0 aromatic rings. The van der Waals surface area contributed by atoms with E-state index >= 15 is 0 Å². The second kappa shape index (κ2) is 3.94. The van der Waals surface area contributed by atoms with Gasteiger partial charge >= 0.3 is 0 Å². The van der Waals surface area contributed by atoms with Crippen molar-refractivity contribution in [3.8, 4) is 0 Å². The van der Waals surface area contributed by atoms with Gasteiger partial charge in [0.15, 0.2) is 0 Å². The van der Waals surface area contributed by atoms with Gasteiger partial charge in [0, 0.05) is 0 Å². The third kappa shape index (κ3) is 2.97. The molecule has 0 saturated heterocycles. The number of hydrogen-bond donors (Lipinski definition) is 0.